The first-order valence-corrected chi connectivity index (χ1v) is 7.73. The van der Waals surface area contributed by atoms with E-state index in [-0.39, 0.29) is 23.7 Å². The summed E-state index contributed by atoms with van der Waals surface area (Å²) < 4.78 is 13.5. The Morgan fingerprint density at radius 2 is 1.92 bits per heavy atom. The summed E-state index contributed by atoms with van der Waals surface area (Å²) in [6.07, 6.45) is 0.986. The molecule has 0 radical (unpaired) electrons. The summed E-state index contributed by atoms with van der Waals surface area (Å²) >= 11 is 0. The molecule has 2 aromatic carbocycles. The fourth-order valence-corrected chi connectivity index (χ4v) is 2.81. The van der Waals surface area contributed by atoms with Gasteiger partial charge in [0, 0.05) is 17.8 Å². The van der Waals surface area contributed by atoms with Gasteiger partial charge in [-0.1, -0.05) is 18.2 Å². The molecule has 6 nitrogen and oxygen atoms in total. The lowest BCUT2D eigenvalue weighted by molar-refractivity contribution is -0.121. The van der Waals surface area contributed by atoms with Gasteiger partial charge in [-0.15, -0.1) is 0 Å². The monoisotopic (exact) mass is 341 g/mol. The lowest BCUT2D eigenvalue weighted by Gasteiger charge is -2.28. The number of nitrogens with one attached hydrogen (secondary N) is 1. The van der Waals surface area contributed by atoms with E-state index in [0.29, 0.717) is 18.5 Å². The highest BCUT2D eigenvalue weighted by atomic mass is 19.1. The second kappa shape index (κ2) is 6.72. The zero-order chi connectivity index (χ0) is 18.0. The van der Waals surface area contributed by atoms with E-state index in [4.69, 9.17) is 5.73 Å². The molecule has 0 atom stereocenters. The Morgan fingerprint density at radius 3 is 2.68 bits per heavy atom. The van der Waals surface area contributed by atoms with Crippen molar-refractivity contribution in [1.29, 1.82) is 0 Å². The number of para-hydroxylation sites is 1. The number of anilines is 2. The Hall–Kier alpha value is -3.22. The van der Waals surface area contributed by atoms with Crippen molar-refractivity contribution in [2.45, 2.75) is 12.8 Å². The third-order valence-corrected chi connectivity index (χ3v) is 4.01. The van der Waals surface area contributed by atoms with Crippen LogP contribution in [0.5, 0.6) is 0 Å². The molecule has 3 amide bonds. The number of fused-ring (bicyclic) bond motifs is 1. The number of amides is 3. The quantitative estimate of drug-likeness (QED) is 0.889. The highest BCUT2D eigenvalue weighted by Gasteiger charge is 2.25. The summed E-state index contributed by atoms with van der Waals surface area (Å²) in [5.74, 6) is -2.27. The lowest BCUT2D eigenvalue weighted by Crippen LogP contribution is -2.40. The molecule has 25 heavy (non-hydrogen) atoms. The molecular formula is C18H16FN3O3. The third-order valence-electron chi connectivity index (χ3n) is 4.01. The number of carbonyl (C=O) groups is 3. The molecule has 0 unspecified atom stereocenters. The number of nitrogens with zero attached hydrogens (tertiary/aromatic N) is 1. The zero-order valence-electron chi connectivity index (χ0n) is 13.3. The van der Waals surface area contributed by atoms with Crippen molar-refractivity contribution in [3.05, 3.63) is 59.4 Å². The smallest absolute Gasteiger partial charge is 0.251 e. The van der Waals surface area contributed by atoms with Gasteiger partial charge in [-0.25, -0.2) is 4.39 Å². The largest absolute Gasteiger partial charge is 0.366 e. The minimum absolute atomic E-state index is 0.134. The first-order chi connectivity index (χ1) is 12.0. The average Bonchev–Trinajstić information content (AvgIpc) is 2.59. The Labute approximate surface area is 143 Å². The fraction of sp³-hybridized carbons (Fsp3) is 0.167. The van der Waals surface area contributed by atoms with Gasteiger partial charge in [-0.3, -0.25) is 14.4 Å². The maximum Gasteiger partial charge on any atom is 0.251 e. The van der Waals surface area contributed by atoms with Crippen LogP contribution in [0.25, 0.3) is 0 Å². The van der Waals surface area contributed by atoms with Crippen molar-refractivity contribution in [1.82, 2.24) is 0 Å². The van der Waals surface area contributed by atoms with Crippen molar-refractivity contribution in [3.8, 4) is 0 Å². The Bertz CT molecular complexity index is 866. The first kappa shape index (κ1) is 16.6. The van der Waals surface area contributed by atoms with E-state index >= 15 is 0 Å². The van der Waals surface area contributed by atoms with Crippen LogP contribution in [-0.2, 0) is 16.0 Å². The van der Waals surface area contributed by atoms with E-state index in [1.54, 1.807) is 12.1 Å². The summed E-state index contributed by atoms with van der Waals surface area (Å²) in [4.78, 5) is 37.1. The van der Waals surface area contributed by atoms with Gasteiger partial charge >= 0.3 is 0 Å². The summed E-state index contributed by atoms with van der Waals surface area (Å²) in [5.41, 5.74) is 6.74. The number of nitrogens with two attached hydrogens (primary N) is 1. The van der Waals surface area contributed by atoms with Crippen molar-refractivity contribution in [2.75, 3.05) is 16.8 Å². The molecule has 0 aliphatic carbocycles. The molecule has 1 aliphatic heterocycles. The van der Waals surface area contributed by atoms with Crippen LogP contribution < -0.4 is 16.0 Å². The predicted molar refractivity (Wildman–Crippen MR) is 90.7 cm³/mol. The molecule has 7 heteroatoms. The summed E-state index contributed by atoms with van der Waals surface area (Å²) in [6.45, 7) is -0.168. The van der Waals surface area contributed by atoms with E-state index in [1.165, 1.54) is 17.0 Å². The van der Waals surface area contributed by atoms with Gasteiger partial charge in [-0.05, 0) is 36.2 Å². The van der Waals surface area contributed by atoms with Gasteiger partial charge in [-0.2, -0.15) is 0 Å². The number of rotatable bonds is 4. The Balaban J connectivity index is 1.76. The van der Waals surface area contributed by atoms with Gasteiger partial charge < -0.3 is 16.0 Å². The van der Waals surface area contributed by atoms with E-state index in [1.807, 2.05) is 12.1 Å². The topological polar surface area (TPSA) is 92.5 Å². The van der Waals surface area contributed by atoms with Gasteiger partial charge in [0.15, 0.2) is 0 Å². The molecule has 0 saturated heterocycles. The van der Waals surface area contributed by atoms with Crippen LogP contribution >= 0.6 is 0 Å². The van der Waals surface area contributed by atoms with Gasteiger partial charge in [0.2, 0.25) is 11.8 Å². The van der Waals surface area contributed by atoms with Crippen LogP contribution in [0.15, 0.2) is 42.5 Å². The number of aryl methyl sites for hydroxylation is 1. The van der Waals surface area contributed by atoms with Crippen molar-refractivity contribution >= 4 is 29.1 Å². The minimum atomic E-state index is -0.922. The molecule has 0 saturated carbocycles. The summed E-state index contributed by atoms with van der Waals surface area (Å²) in [7, 11) is 0. The van der Waals surface area contributed by atoms with E-state index in [2.05, 4.69) is 5.32 Å². The molecule has 1 aliphatic rings. The molecular weight excluding hydrogens is 325 g/mol. The van der Waals surface area contributed by atoms with Crippen LogP contribution in [0.2, 0.25) is 0 Å². The molecule has 1 heterocycles. The van der Waals surface area contributed by atoms with Crippen LogP contribution in [0.1, 0.15) is 22.3 Å². The second-order valence-corrected chi connectivity index (χ2v) is 5.72. The predicted octanol–water partition coefficient (Wildman–Crippen LogP) is 1.84. The molecule has 0 bridgehead atoms. The van der Waals surface area contributed by atoms with Crippen LogP contribution in [0.4, 0.5) is 15.8 Å². The standard InChI is InChI=1S/C18H16FN3O3/c19-14-7-6-12(9-13(14)18(20)25)21-16(23)10-22-15-4-2-1-3-11(15)5-8-17(22)24/h1-4,6-7,9H,5,8,10H2,(H2,20,25)(H,21,23). The second-order valence-electron chi connectivity index (χ2n) is 5.72. The Kier molecular flexibility index (Phi) is 4.47. The molecule has 3 rings (SSSR count). The average molecular weight is 341 g/mol. The third kappa shape index (κ3) is 3.50. The van der Waals surface area contributed by atoms with E-state index in [9.17, 15) is 18.8 Å². The first-order valence-electron chi connectivity index (χ1n) is 7.73. The van der Waals surface area contributed by atoms with Crippen LogP contribution in [0.3, 0.4) is 0 Å². The van der Waals surface area contributed by atoms with Crippen LogP contribution in [-0.4, -0.2) is 24.3 Å². The zero-order valence-corrected chi connectivity index (χ0v) is 13.3. The number of carbonyl (C=O) groups excluding carboxylic acids is 3. The molecule has 0 fully saturated rings. The van der Waals surface area contributed by atoms with Crippen LogP contribution in [0, 0.1) is 5.82 Å². The normalized spacial score (nSPS) is 13.3. The molecule has 2 aromatic rings. The van der Waals surface area contributed by atoms with Crippen molar-refractivity contribution < 1.29 is 18.8 Å². The lowest BCUT2D eigenvalue weighted by atomic mass is 10.0. The van der Waals surface area contributed by atoms with Gasteiger partial charge in [0.05, 0.1) is 5.56 Å². The van der Waals surface area contributed by atoms with E-state index < -0.39 is 17.6 Å². The number of halogens is 1. The Morgan fingerprint density at radius 1 is 1.16 bits per heavy atom. The highest BCUT2D eigenvalue weighted by Crippen LogP contribution is 2.27. The highest BCUT2D eigenvalue weighted by molar-refractivity contribution is 6.04. The summed E-state index contributed by atoms with van der Waals surface area (Å²) in [5, 5.41) is 2.56. The number of hydrogen-bond acceptors (Lipinski definition) is 3. The maximum absolute atomic E-state index is 13.5. The molecule has 3 N–H and O–H groups in total. The number of hydrogen-bond donors (Lipinski definition) is 2. The van der Waals surface area contributed by atoms with Gasteiger partial charge in [0.25, 0.3) is 5.91 Å². The maximum atomic E-state index is 13.5. The molecule has 0 spiro atoms. The molecule has 128 valence electrons. The minimum Gasteiger partial charge on any atom is -0.366 e. The summed E-state index contributed by atoms with van der Waals surface area (Å²) in [6, 6.07) is 11.0. The SMILES string of the molecule is NC(=O)c1cc(NC(=O)CN2C(=O)CCc3ccccc32)ccc1F. The number of benzene rings is 2. The van der Waals surface area contributed by atoms with Crippen molar-refractivity contribution in [3.63, 3.8) is 0 Å². The number of primary amides is 1. The molecule has 0 aromatic heterocycles. The van der Waals surface area contributed by atoms with Crippen molar-refractivity contribution in [2.24, 2.45) is 5.73 Å². The van der Waals surface area contributed by atoms with Gasteiger partial charge in [0.1, 0.15) is 12.4 Å². The van der Waals surface area contributed by atoms with E-state index in [0.717, 1.165) is 11.6 Å². The fourth-order valence-electron chi connectivity index (χ4n) is 2.81.